The second kappa shape index (κ2) is 10.9. The summed E-state index contributed by atoms with van der Waals surface area (Å²) in [5.41, 5.74) is 2.27. The second-order valence-electron chi connectivity index (χ2n) is 6.83. The standard InChI is InChI=1S/C24H25N3O4/c1-17(16-29-2)31-22-13-19(5-4-18-6-8-21(30-3)9-7-18)12-20(14-22)24(28)27-23-15-25-10-11-26-23/h4-15,17H,16H2,1-3H3,(H,26,27,28)/t17-/m0/s1. The minimum absolute atomic E-state index is 0.165. The van der Waals surface area contributed by atoms with Crippen molar-refractivity contribution in [1.29, 1.82) is 0 Å². The number of rotatable bonds is 9. The molecule has 0 spiro atoms. The van der Waals surface area contributed by atoms with Gasteiger partial charge in [0.2, 0.25) is 0 Å². The highest BCUT2D eigenvalue weighted by Crippen LogP contribution is 2.22. The van der Waals surface area contributed by atoms with E-state index in [2.05, 4.69) is 15.3 Å². The fraction of sp³-hybridized carbons (Fsp3) is 0.208. The molecule has 0 bridgehead atoms. The molecule has 3 aromatic rings. The quantitative estimate of drug-likeness (QED) is 0.520. The molecule has 7 nitrogen and oxygen atoms in total. The highest BCUT2D eigenvalue weighted by molar-refractivity contribution is 6.04. The molecule has 2 aromatic carbocycles. The summed E-state index contributed by atoms with van der Waals surface area (Å²) in [6.45, 7) is 2.34. The van der Waals surface area contributed by atoms with Crippen molar-refractivity contribution < 1.29 is 19.0 Å². The first-order chi connectivity index (χ1) is 15.1. The minimum atomic E-state index is -0.301. The van der Waals surface area contributed by atoms with E-state index in [1.165, 1.54) is 12.4 Å². The zero-order chi connectivity index (χ0) is 22.1. The summed E-state index contributed by atoms with van der Waals surface area (Å²) in [6.07, 6.45) is 8.27. The molecule has 3 rings (SSSR count). The van der Waals surface area contributed by atoms with E-state index in [1.54, 1.807) is 32.5 Å². The molecule has 1 N–H and O–H groups in total. The molecule has 0 unspecified atom stereocenters. The minimum Gasteiger partial charge on any atom is -0.497 e. The van der Waals surface area contributed by atoms with Crippen LogP contribution in [-0.4, -0.2) is 42.8 Å². The number of nitrogens with zero attached hydrogens (tertiary/aromatic N) is 2. The summed E-state index contributed by atoms with van der Waals surface area (Å²) in [5.74, 6) is 1.44. The van der Waals surface area contributed by atoms with E-state index in [0.29, 0.717) is 23.7 Å². The van der Waals surface area contributed by atoms with Gasteiger partial charge in [-0.15, -0.1) is 0 Å². The van der Waals surface area contributed by atoms with Crippen LogP contribution < -0.4 is 14.8 Å². The van der Waals surface area contributed by atoms with Gasteiger partial charge in [0.1, 0.15) is 17.6 Å². The number of hydrogen-bond acceptors (Lipinski definition) is 6. The summed E-state index contributed by atoms with van der Waals surface area (Å²) in [4.78, 5) is 20.8. The topological polar surface area (TPSA) is 82.6 Å². The van der Waals surface area contributed by atoms with Gasteiger partial charge >= 0.3 is 0 Å². The first-order valence-corrected chi connectivity index (χ1v) is 9.77. The Bertz CT molecular complexity index is 1020. The first-order valence-electron chi connectivity index (χ1n) is 9.77. The summed E-state index contributed by atoms with van der Waals surface area (Å²) < 4.78 is 16.3. The average Bonchev–Trinajstić information content (AvgIpc) is 2.78. The van der Waals surface area contributed by atoms with Gasteiger partial charge in [0.15, 0.2) is 5.82 Å². The molecule has 0 saturated carbocycles. The zero-order valence-corrected chi connectivity index (χ0v) is 17.7. The number of hydrogen-bond donors (Lipinski definition) is 1. The summed E-state index contributed by atoms with van der Waals surface area (Å²) in [5, 5.41) is 2.75. The van der Waals surface area contributed by atoms with Crippen LogP contribution in [0.5, 0.6) is 11.5 Å². The van der Waals surface area contributed by atoms with Gasteiger partial charge in [-0.05, 0) is 48.4 Å². The molecule has 1 amide bonds. The number of carbonyl (C=O) groups excluding carboxylic acids is 1. The number of methoxy groups -OCH3 is 2. The molecule has 0 saturated heterocycles. The van der Waals surface area contributed by atoms with Gasteiger partial charge in [-0.2, -0.15) is 0 Å². The average molecular weight is 419 g/mol. The Balaban J connectivity index is 1.86. The fourth-order valence-corrected chi connectivity index (χ4v) is 2.88. The van der Waals surface area contributed by atoms with Crippen LogP contribution in [0.3, 0.4) is 0 Å². The Kier molecular flexibility index (Phi) is 7.73. The van der Waals surface area contributed by atoms with Crippen molar-refractivity contribution in [3.8, 4) is 11.5 Å². The molecule has 1 atom stereocenters. The molecule has 1 aromatic heterocycles. The van der Waals surface area contributed by atoms with Crippen molar-refractivity contribution >= 4 is 23.9 Å². The van der Waals surface area contributed by atoms with E-state index in [9.17, 15) is 4.79 Å². The second-order valence-corrected chi connectivity index (χ2v) is 6.83. The number of carbonyl (C=O) groups is 1. The number of benzene rings is 2. The summed E-state index contributed by atoms with van der Waals surface area (Å²) >= 11 is 0. The third kappa shape index (κ3) is 6.65. The van der Waals surface area contributed by atoms with Crippen molar-refractivity contribution in [3.63, 3.8) is 0 Å². The van der Waals surface area contributed by atoms with Gasteiger partial charge in [0.05, 0.1) is 19.9 Å². The third-order valence-electron chi connectivity index (χ3n) is 4.32. The molecule has 1 heterocycles. The predicted octanol–water partition coefficient (Wildman–Crippen LogP) is 4.32. The molecule has 0 aliphatic rings. The molecule has 0 aliphatic heterocycles. The van der Waals surface area contributed by atoms with Crippen LogP contribution in [0, 0.1) is 0 Å². The smallest absolute Gasteiger partial charge is 0.257 e. The van der Waals surface area contributed by atoms with Crippen molar-refractivity contribution in [3.05, 3.63) is 77.7 Å². The van der Waals surface area contributed by atoms with E-state index >= 15 is 0 Å². The largest absolute Gasteiger partial charge is 0.497 e. The van der Waals surface area contributed by atoms with E-state index in [-0.39, 0.29) is 12.0 Å². The van der Waals surface area contributed by atoms with Gasteiger partial charge in [0.25, 0.3) is 5.91 Å². The highest BCUT2D eigenvalue weighted by Gasteiger charge is 2.12. The van der Waals surface area contributed by atoms with Crippen LogP contribution in [-0.2, 0) is 4.74 Å². The SMILES string of the molecule is COC[C@H](C)Oc1cc(C=Cc2ccc(OC)cc2)cc(C(=O)Nc2cnccn2)c1. The molecule has 0 aliphatic carbocycles. The lowest BCUT2D eigenvalue weighted by Gasteiger charge is -2.15. The summed E-state index contributed by atoms with van der Waals surface area (Å²) in [6, 6.07) is 13.1. The van der Waals surface area contributed by atoms with Gasteiger partial charge in [-0.3, -0.25) is 9.78 Å². The Hall–Kier alpha value is -3.71. The summed E-state index contributed by atoms with van der Waals surface area (Å²) in [7, 11) is 3.25. The number of aromatic nitrogens is 2. The van der Waals surface area contributed by atoms with Crippen LogP contribution >= 0.6 is 0 Å². The molecular formula is C24H25N3O4. The van der Waals surface area contributed by atoms with E-state index < -0.39 is 0 Å². The van der Waals surface area contributed by atoms with Gasteiger partial charge < -0.3 is 19.5 Å². The molecule has 7 heteroatoms. The van der Waals surface area contributed by atoms with Gasteiger partial charge in [-0.25, -0.2) is 4.98 Å². The Labute approximate surface area is 181 Å². The zero-order valence-electron chi connectivity index (χ0n) is 17.7. The lowest BCUT2D eigenvalue weighted by Crippen LogP contribution is -2.19. The van der Waals surface area contributed by atoms with Crippen LogP contribution in [0.25, 0.3) is 12.2 Å². The lowest BCUT2D eigenvalue weighted by molar-refractivity contribution is 0.0917. The molecule has 160 valence electrons. The van der Waals surface area contributed by atoms with E-state index in [1.807, 2.05) is 49.4 Å². The number of nitrogens with one attached hydrogen (secondary N) is 1. The Morgan fingerprint density at radius 2 is 1.81 bits per heavy atom. The van der Waals surface area contributed by atoms with Crippen molar-refractivity contribution in [1.82, 2.24) is 9.97 Å². The lowest BCUT2D eigenvalue weighted by atomic mass is 10.1. The van der Waals surface area contributed by atoms with Crippen LogP contribution in [0.2, 0.25) is 0 Å². The van der Waals surface area contributed by atoms with Crippen molar-refractivity contribution in [2.24, 2.45) is 0 Å². The van der Waals surface area contributed by atoms with Crippen LogP contribution in [0.4, 0.5) is 5.82 Å². The first kappa shape index (κ1) is 22.0. The monoisotopic (exact) mass is 419 g/mol. The molecule has 0 radical (unpaired) electrons. The van der Waals surface area contributed by atoms with Gasteiger partial charge in [-0.1, -0.05) is 24.3 Å². The maximum Gasteiger partial charge on any atom is 0.257 e. The highest BCUT2D eigenvalue weighted by atomic mass is 16.5. The maximum absolute atomic E-state index is 12.8. The predicted molar refractivity (Wildman–Crippen MR) is 120 cm³/mol. The normalized spacial score (nSPS) is 11.8. The Morgan fingerprint density at radius 3 is 2.48 bits per heavy atom. The van der Waals surface area contributed by atoms with Crippen LogP contribution in [0.1, 0.15) is 28.4 Å². The Morgan fingerprint density at radius 1 is 1.03 bits per heavy atom. The maximum atomic E-state index is 12.8. The number of amides is 1. The molecule has 0 fully saturated rings. The van der Waals surface area contributed by atoms with Gasteiger partial charge in [0, 0.05) is 25.1 Å². The molecule has 31 heavy (non-hydrogen) atoms. The number of anilines is 1. The van der Waals surface area contributed by atoms with E-state index in [4.69, 9.17) is 14.2 Å². The fourth-order valence-electron chi connectivity index (χ4n) is 2.88. The number of ether oxygens (including phenoxy) is 3. The van der Waals surface area contributed by atoms with Crippen molar-refractivity contribution in [2.75, 3.05) is 26.1 Å². The van der Waals surface area contributed by atoms with E-state index in [0.717, 1.165) is 16.9 Å². The third-order valence-corrected chi connectivity index (χ3v) is 4.32. The van der Waals surface area contributed by atoms with Crippen molar-refractivity contribution in [2.45, 2.75) is 13.0 Å². The van der Waals surface area contributed by atoms with Crippen LogP contribution in [0.15, 0.2) is 61.1 Å². The molecular weight excluding hydrogens is 394 g/mol.